The summed E-state index contributed by atoms with van der Waals surface area (Å²) in [6, 6.07) is 12.6. The zero-order valence-corrected chi connectivity index (χ0v) is 15.4. The number of β-amino-alcohol motifs (C(OH)–C–C–N with tert-alkyl or cyclic N) is 1. The van der Waals surface area contributed by atoms with Crippen LogP contribution in [0.2, 0.25) is 0 Å². The molecule has 0 saturated heterocycles. The molecule has 0 spiro atoms. The van der Waals surface area contributed by atoms with Gasteiger partial charge in [0.15, 0.2) is 0 Å². The fraction of sp³-hybridized carbons (Fsp3) is 0.250. The maximum Gasteiger partial charge on any atom is 0.337 e. The van der Waals surface area contributed by atoms with Gasteiger partial charge in [0, 0.05) is 12.7 Å². The van der Waals surface area contributed by atoms with Crippen molar-refractivity contribution < 1.29 is 24.2 Å². The Balaban J connectivity index is 1.83. The molecule has 0 radical (unpaired) electrons. The molecule has 28 heavy (non-hydrogen) atoms. The van der Waals surface area contributed by atoms with E-state index in [0.29, 0.717) is 11.4 Å². The fourth-order valence-corrected chi connectivity index (χ4v) is 2.81. The van der Waals surface area contributed by atoms with Crippen LogP contribution in [0.5, 0.6) is 5.75 Å². The van der Waals surface area contributed by atoms with Crippen LogP contribution in [0.1, 0.15) is 5.69 Å². The number of ether oxygens (including phenoxy) is 2. The number of carbonyl (C=O) groups excluding carboxylic acids is 2. The molecule has 0 bridgehead atoms. The molecule has 1 amide bonds. The third kappa shape index (κ3) is 4.29. The van der Waals surface area contributed by atoms with Crippen molar-refractivity contribution in [1.82, 2.24) is 9.88 Å². The van der Waals surface area contributed by atoms with Gasteiger partial charge in [-0.1, -0.05) is 18.2 Å². The largest absolute Gasteiger partial charge is 0.485 e. The number of para-hydroxylation sites is 2. The minimum atomic E-state index is -0.594. The van der Waals surface area contributed by atoms with Gasteiger partial charge in [0.1, 0.15) is 18.1 Å². The first-order valence-electron chi connectivity index (χ1n) is 8.74. The fourth-order valence-electron chi connectivity index (χ4n) is 2.81. The smallest absolute Gasteiger partial charge is 0.337 e. The van der Waals surface area contributed by atoms with Gasteiger partial charge in [0.05, 0.1) is 37.2 Å². The van der Waals surface area contributed by atoms with E-state index in [1.807, 2.05) is 24.3 Å². The predicted molar refractivity (Wildman–Crippen MR) is 101 cm³/mol. The highest BCUT2D eigenvalue weighted by molar-refractivity contribution is 6.08. The van der Waals surface area contributed by atoms with Crippen molar-refractivity contribution in [3.63, 3.8) is 0 Å². The lowest BCUT2D eigenvalue weighted by Crippen LogP contribution is -2.31. The van der Waals surface area contributed by atoms with Gasteiger partial charge in [-0.05, 0) is 24.3 Å². The molecule has 1 aromatic heterocycles. The molecule has 146 valence electrons. The summed E-state index contributed by atoms with van der Waals surface area (Å²) in [7, 11) is 1.26. The Morgan fingerprint density at radius 3 is 2.75 bits per heavy atom. The SMILES string of the molecule is COC(=O)C1=C(Nc2ccccc2OCc2ccccn2)C(=O)N(CCO)C1. The van der Waals surface area contributed by atoms with E-state index in [-0.39, 0.29) is 43.5 Å². The highest BCUT2D eigenvalue weighted by atomic mass is 16.5. The molecule has 1 aliphatic heterocycles. The third-order valence-corrected chi connectivity index (χ3v) is 4.20. The molecule has 2 heterocycles. The lowest BCUT2D eigenvalue weighted by Gasteiger charge is -2.16. The van der Waals surface area contributed by atoms with Crippen LogP contribution >= 0.6 is 0 Å². The zero-order valence-electron chi connectivity index (χ0n) is 15.4. The molecule has 0 atom stereocenters. The minimum Gasteiger partial charge on any atom is -0.485 e. The molecule has 1 aromatic carbocycles. The number of hydrogen-bond acceptors (Lipinski definition) is 7. The van der Waals surface area contributed by atoms with E-state index in [9.17, 15) is 9.59 Å². The summed E-state index contributed by atoms with van der Waals surface area (Å²) in [5, 5.41) is 12.2. The highest BCUT2D eigenvalue weighted by Gasteiger charge is 2.34. The maximum absolute atomic E-state index is 12.7. The Morgan fingerprint density at radius 2 is 2.04 bits per heavy atom. The third-order valence-electron chi connectivity index (χ3n) is 4.20. The quantitative estimate of drug-likeness (QED) is 0.663. The number of hydrogen-bond donors (Lipinski definition) is 2. The summed E-state index contributed by atoms with van der Waals surface area (Å²) < 4.78 is 10.6. The van der Waals surface area contributed by atoms with Crippen molar-refractivity contribution in [1.29, 1.82) is 0 Å². The van der Waals surface area contributed by atoms with Gasteiger partial charge >= 0.3 is 5.97 Å². The first kappa shape index (κ1) is 19.4. The second kappa shape index (κ2) is 9.01. The normalized spacial score (nSPS) is 13.6. The molecule has 0 unspecified atom stereocenters. The Labute approximate surface area is 162 Å². The molecular weight excluding hydrogens is 362 g/mol. The first-order chi connectivity index (χ1) is 13.6. The number of pyridine rings is 1. The van der Waals surface area contributed by atoms with Crippen LogP contribution in [0.3, 0.4) is 0 Å². The molecule has 8 heteroatoms. The Hall–Kier alpha value is -3.39. The number of aliphatic hydroxyl groups is 1. The van der Waals surface area contributed by atoms with Crippen LogP contribution in [-0.4, -0.2) is 53.7 Å². The van der Waals surface area contributed by atoms with E-state index < -0.39 is 5.97 Å². The van der Waals surface area contributed by atoms with E-state index in [1.165, 1.54) is 12.0 Å². The second-order valence-corrected chi connectivity index (χ2v) is 6.03. The van der Waals surface area contributed by atoms with Gasteiger partial charge in [-0.3, -0.25) is 9.78 Å². The van der Waals surface area contributed by atoms with Gasteiger partial charge in [0.25, 0.3) is 5.91 Å². The second-order valence-electron chi connectivity index (χ2n) is 6.03. The van der Waals surface area contributed by atoms with Crippen molar-refractivity contribution >= 4 is 17.6 Å². The summed E-state index contributed by atoms with van der Waals surface area (Å²) in [5.74, 6) is -0.463. The standard InChI is InChI=1S/C20H21N3O5/c1-27-20(26)15-12-23(10-11-24)19(25)18(15)22-16-7-2-3-8-17(16)28-13-14-6-4-5-9-21-14/h2-9,22,24H,10-13H2,1H3. The van der Waals surface area contributed by atoms with Gasteiger partial charge in [0.2, 0.25) is 0 Å². The number of carbonyl (C=O) groups is 2. The van der Waals surface area contributed by atoms with Crippen molar-refractivity contribution in [3.05, 3.63) is 65.6 Å². The summed E-state index contributed by atoms with van der Waals surface area (Å²) in [6.07, 6.45) is 1.68. The summed E-state index contributed by atoms with van der Waals surface area (Å²) in [5.41, 5.74) is 1.63. The molecule has 0 fully saturated rings. The Morgan fingerprint density at radius 1 is 1.25 bits per heavy atom. The number of methoxy groups -OCH3 is 1. The first-order valence-corrected chi connectivity index (χ1v) is 8.74. The average molecular weight is 383 g/mol. The van der Waals surface area contributed by atoms with Gasteiger partial charge in [-0.15, -0.1) is 0 Å². The van der Waals surface area contributed by atoms with E-state index >= 15 is 0 Å². The molecule has 0 saturated carbocycles. The van der Waals surface area contributed by atoms with Crippen molar-refractivity contribution in [2.45, 2.75) is 6.61 Å². The molecule has 1 aliphatic rings. The van der Waals surface area contributed by atoms with Crippen LogP contribution in [-0.2, 0) is 20.9 Å². The lowest BCUT2D eigenvalue weighted by atomic mass is 10.2. The lowest BCUT2D eigenvalue weighted by molar-refractivity contribution is -0.136. The minimum absolute atomic E-state index is 0.0748. The molecule has 2 aromatic rings. The monoisotopic (exact) mass is 383 g/mol. The van der Waals surface area contributed by atoms with Crippen molar-refractivity contribution in [2.24, 2.45) is 0 Å². The molecular formula is C20H21N3O5. The number of aliphatic hydroxyl groups excluding tert-OH is 1. The van der Waals surface area contributed by atoms with Crippen molar-refractivity contribution in [3.8, 4) is 5.75 Å². The highest BCUT2D eigenvalue weighted by Crippen LogP contribution is 2.29. The summed E-state index contributed by atoms with van der Waals surface area (Å²) >= 11 is 0. The van der Waals surface area contributed by atoms with E-state index in [0.717, 1.165) is 5.69 Å². The summed E-state index contributed by atoms with van der Waals surface area (Å²) in [6.45, 7) is 0.262. The topological polar surface area (TPSA) is 101 Å². The maximum atomic E-state index is 12.7. The number of nitrogens with one attached hydrogen (secondary N) is 1. The number of nitrogens with zero attached hydrogens (tertiary/aromatic N) is 2. The van der Waals surface area contributed by atoms with Gasteiger partial charge in [-0.2, -0.15) is 0 Å². The van der Waals surface area contributed by atoms with Gasteiger partial charge < -0.3 is 24.8 Å². The predicted octanol–water partition coefficient (Wildman–Crippen LogP) is 1.33. The number of anilines is 1. The molecule has 2 N–H and O–H groups in total. The average Bonchev–Trinajstić information content (AvgIpc) is 3.03. The number of esters is 1. The number of benzene rings is 1. The molecule has 0 aliphatic carbocycles. The number of rotatable bonds is 8. The van der Waals surface area contributed by atoms with Crippen LogP contribution in [0, 0.1) is 0 Å². The van der Waals surface area contributed by atoms with Crippen LogP contribution in [0.25, 0.3) is 0 Å². The summed E-state index contributed by atoms with van der Waals surface area (Å²) in [4.78, 5) is 30.4. The van der Waals surface area contributed by atoms with Gasteiger partial charge in [-0.25, -0.2) is 4.79 Å². The van der Waals surface area contributed by atoms with Crippen molar-refractivity contribution in [2.75, 3.05) is 32.1 Å². The zero-order chi connectivity index (χ0) is 19.9. The Kier molecular flexibility index (Phi) is 6.23. The van der Waals surface area contributed by atoms with E-state index in [4.69, 9.17) is 14.6 Å². The molecule has 3 rings (SSSR count). The van der Waals surface area contributed by atoms with Crippen LogP contribution in [0.4, 0.5) is 5.69 Å². The Bertz CT molecular complexity index is 882. The number of aromatic nitrogens is 1. The van der Waals surface area contributed by atoms with E-state index in [2.05, 4.69) is 10.3 Å². The van der Waals surface area contributed by atoms with Crippen LogP contribution in [0.15, 0.2) is 59.9 Å². The molecule has 8 nitrogen and oxygen atoms in total. The van der Waals surface area contributed by atoms with Crippen LogP contribution < -0.4 is 10.1 Å². The van der Waals surface area contributed by atoms with E-state index in [1.54, 1.807) is 24.4 Å². The number of amides is 1.